The zero-order chi connectivity index (χ0) is 19.7. The minimum absolute atomic E-state index is 0.169. The van der Waals surface area contributed by atoms with E-state index in [0.717, 1.165) is 12.1 Å². The third kappa shape index (κ3) is 4.70. The summed E-state index contributed by atoms with van der Waals surface area (Å²) in [7, 11) is 0. The van der Waals surface area contributed by atoms with Crippen LogP contribution < -0.4 is 0 Å². The first-order chi connectivity index (χ1) is 11.9. The second-order valence-electron chi connectivity index (χ2n) is 5.19. The molecule has 2 nitrogen and oxygen atoms in total. The number of benzene rings is 2. The van der Waals surface area contributed by atoms with Crippen LogP contribution in [-0.2, 0) is 28.8 Å². The summed E-state index contributed by atoms with van der Waals surface area (Å²) >= 11 is 0. The molecule has 0 amide bonds. The zero-order valence-corrected chi connectivity index (χ0v) is 12.6. The van der Waals surface area contributed by atoms with Crippen molar-refractivity contribution < 1.29 is 45.0 Å². The smallest absolute Gasteiger partial charge is 0.341 e. The average Bonchev–Trinajstić information content (AvgIpc) is 2.51. The molecule has 0 spiro atoms. The Kier molecular flexibility index (Phi) is 5.57. The van der Waals surface area contributed by atoms with E-state index in [1.807, 2.05) is 0 Å². The molecule has 0 aliphatic carbocycles. The summed E-state index contributed by atoms with van der Waals surface area (Å²) in [5, 5.41) is 11.8. The summed E-state index contributed by atoms with van der Waals surface area (Å²) in [5.74, 6) is -3.01. The third-order valence-corrected chi connectivity index (χ3v) is 3.29. The van der Waals surface area contributed by atoms with Gasteiger partial charge in [0.2, 0.25) is 6.29 Å². The molecule has 0 fully saturated rings. The lowest BCUT2D eigenvalue weighted by Crippen LogP contribution is -2.12. The first kappa shape index (κ1) is 20.1. The van der Waals surface area contributed by atoms with E-state index >= 15 is 0 Å². The molecule has 0 aliphatic heterocycles. The lowest BCUT2D eigenvalue weighted by Gasteiger charge is -2.15. The van der Waals surface area contributed by atoms with Crippen molar-refractivity contribution in [2.75, 3.05) is 0 Å². The van der Waals surface area contributed by atoms with Gasteiger partial charge in [-0.15, -0.1) is 0 Å². The molecule has 10 heteroatoms. The molecule has 0 heterocycles. The molecule has 0 bridgehead atoms. The van der Waals surface area contributed by atoms with Crippen molar-refractivity contribution in [3.63, 3.8) is 0 Å². The van der Waals surface area contributed by atoms with E-state index in [-0.39, 0.29) is 6.07 Å². The van der Waals surface area contributed by atoms with Crippen LogP contribution in [0.5, 0.6) is 0 Å². The summed E-state index contributed by atoms with van der Waals surface area (Å²) in [4.78, 5) is 0. The van der Waals surface area contributed by atoms with Gasteiger partial charge in [-0.25, -0.2) is 8.78 Å². The average molecular weight is 385 g/mol. The summed E-state index contributed by atoms with van der Waals surface area (Å²) < 4.78 is 107. The summed E-state index contributed by atoms with van der Waals surface area (Å²) in [5.41, 5.74) is -4.36. The van der Waals surface area contributed by atoms with Gasteiger partial charge in [-0.05, 0) is 24.3 Å². The number of ether oxygens (including phenoxy) is 1. The number of alkyl halides is 6. The molecule has 0 saturated heterocycles. The van der Waals surface area contributed by atoms with Crippen LogP contribution >= 0.6 is 0 Å². The van der Waals surface area contributed by atoms with Crippen molar-refractivity contribution in [1.82, 2.24) is 0 Å². The van der Waals surface area contributed by atoms with Crippen LogP contribution in [-0.4, -0.2) is 0 Å². The van der Waals surface area contributed by atoms with Crippen LogP contribution in [0.1, 0.15) is 28.5 Å². The van der Waals surface area contributed by atoms with E-state index < -0.39 is 59.1 Å². The third-order valence-electron chi connectivity index (χ3n) is 3.29. The molecule has 2 rings (SSSR count). The predicted molar refractivity (Wildman–Crippen MR) is 71.0 cm³/mol. The molecule has 141 valence electrons. The summed E-state index contributed by atoms with van der Waals surface area (Å²) in [6.45, 7) is -0.943. The van der Waals surface area contributed by atoms with E-state index in [9.17, 15) is 40.2 Å². The van der Waals surface area contributed by atoms with Crippen LogP contribution in [0.2, 0.25) is 0 Å². The maximum Gasteiger partial charge on any atom is 0.419 e. The Hall–Kier alpha value is -2.20. The molecule has 0 aromatic heterocycles. The first-order valence-electron chi connectivity index (χ1n) is 6.89. The van der Waals surface area contributed by atoms with Crippen molar-refractivity contribution in [3.8, 4) is 0 Å². The fourth-order valence-electron chi connectivity index (χ4n) is 2.08. The van der Waals surface area contributed by atoms with Gasteiger partial charge in [0.1, 0.15) is 11.6 Å². The van der Waals surface area contributed by atoms with Gasteiger partial charge in [0.05, 0.1) is 17.7 Å². The SMILES string of the molecule is [O]C(OCc1cccc(C(F)(F)F)c1F)c1cc(F)cc(C(F)(F)F)c1. The summed E-state index contributed by atoms with van der Waals surface area (Å²) in [6.07, 6.45) is -12.2. The molecule has 0 saturated carbocycles. The van der Waals surface area contributed by atoms with E-state index in [0.29, 0.717) is 18.2 Å². The van der Waals surface area contributed by atoms with Crippen molar-refractivity contribution in [2.45, 2.75) is 25.2 Å². The zero-order valence-electron chi connectivity index (χ0n) is 12.6. The van der Waals surface area contributed by atoms with Gasteiger partial charge >= 0.3 is 12.4 Å². The predicted octanol–water partition coefficient (Wildman–Crippen LogP) is 5.65. The molecule has 1 atom stereocenters. The first-order valence-corrected chi connectivity index (χ1v) is 6.89. The van der Waals surface area contributed by atoms with Crippen molar-refractivity contribution in [1.29, 1.82) is 0 Å². The quantitative estimate of drug-likeness (QED) is 0.494. The lowest BCUT2D eigenvalue weighted by molar-refractivity contribution is -0.154. The minimum atomic E-state index is -4.97. The normalized spacial score (nSPS) is 13.7. The second kappa shape index (κ2) is 7.20. The lowest BCUT2D eigenvalue weighted by atomic mass is 10.1. The van der Waals surface area contributed by atoms with Gasteiger partial charge in [-0.1, -0.05) is 12.1 Å². The Morgan fingerprint density at radius 3 is 2.15 bits per heavy atom. The van der Waals surface area contributed by atoms with E-state index in [2.05, 4.69) is 4.74 Å². The van der Waals surface area contributed by atoms with Crippen LogP contribution in [0, 0.1) is 11.6 Å². The topological polar surface area (TPSA) is 29.1 Å². The van der Waals surface area contributed by atoms with Crippen LogP contribution in [0.15, 0.2) is 36.4 Å². The number of hydrogen-bond acceptors (Lipinski definition) is 1. The maximum absolute atomic E-state index is 13.8. The molecule has 2 aromatic rings. The van der Waals surface area contributed by atoms with Crippen LogP contribution in [0.25, 0.3) is 0 Å². The van der Waals surface area contributed by atoms with E-state index in [1.165, 1.54) is 0 Å². The second-order valence-corrected chi connectivity index (χ2v) is 5.19. The fourth-order valence-corrected chi connectivity index (χ4v) is 2.08. The largest absolute Gasteiger partial charge is 0.419 e. The molecule has 0 aliphatic rings. The van der Waals surface area contributed by atoms with Crippen LogP contribution in [0.3, 0.4) is 0 Å². The Bertz CT molecular complexity index is 783. The summed E-state index contributed by atoms with van der Waals surface area (Å²) in [6, 6.07) is 3.30. The highest BCUT2D eigenvalue weighted by Gasteiger charge is 2.35. The Morgan fingerprint density at radius 2 is 1.58 bits per heavy atom. The molecule has 1 unspecified atom stereocenters. The Balaban J connectivity index is 2.20. The molecule has 0 N–H and O–H groups in total. The van der Waals surface area contributed by atoms with Gasteiger partial charge in [0.25, 0.3) is 0 Å². The molecule has 2 aromatic carbocycles. The number of hydrogen-bond donors (Lipinski definition) is 0. The minimum Gasteiger partial charge on any atom is -0.341 e. The molecular weight excluding hydrogens is 376 g/mol. The van der Waals surface area contributed by atoms with E-state index in [1.54, 1.807) is 0 Å². The molecule has 1 radical (unpaired) electrons. The van der Waals surface area contributed by atoms with Crippen molar-refractivity contribution >= 4 is 0 Å². The molecule has 26 heavy (non-hydrogen) atoms. The Labute approximate surface area is 141 Å². The maximum atomic E-state index is 13.8. The number of rotatable bonds is 4. The van der Waals surface area contributed by atoms with E-state index in [4.69, 9.17) is 0 Å². The van der Waals surface area contributed by atoms with Gasteiger partial charge in [-0.2, -0.15) is 31.4 Å². The highest BCUT2D eigenvalue weighted by atomic mass is 19.4. The van der Waals surface area contributed by atoms with Crippen molar-refractivity contribution in [2.24, 2.45) is 0 Å². The number of halogens is 8. The van der Waals surface area contributed by atoms with Crippen LogP contribution in [0.4, 0.5) is 35.1 Å². The molecular formula is C16H9F8O2. The Morgan fingerprint density at radius 1 is 0.923 bits per heavy atom. The van der Waals surface area contributed by atoms with Gasteiger partial charge < -0.3 is 4.74 Å². The monoisotopic (exact) mass is 385 g/mol. The standard InChI is InChI=1S/C16H9F8O2/c17-11-5-9(4-10(6-11)15(19,20)21)14(25)26-7-8-2-1-3-12(13(8)18)16(22,23)24/h1-6,14H,7H2. The van der Waals surface area contributed by atoms with Crippen molar-refractivity contribution in [3.05, 3.63) is 70.3 Å². The van der Waals surface area contributed by atoms with Gasteiger partial charge in [-0.3, -0.25) is 0 Å². The van der Waals surface area contributed by atoms with Gasteiger partial charge in [0.15, 0.2) is 0 Å². The highest BCUT2D eigenvalue weighted by molar-refractivity contribution is 5.29. The van der Waals surface area contributed by atoms with Gasteiger partial charge in [0, 0.05) is 11.1 Å². The highest BCUT2D eigenvalue weighted by Crippen LogP contribution is 2.34. The fraction of sp³-hybridized carbons (Fsp3) is 0.250.